The highest BCUT2D eigenvalue weighted by atomic mass is 32.2. The monoisotopic (exact) mass is 258 g/mol. The molecule has 0 atom stereocenters. The Morgan fingerprint density at radius 2 is 2.00 bits per heavy atom. The van der Waals surface area contributed by atoms with Gasteiger partial charge in [0.25, 0.3) is 0 Å². The molecule has 0 aliphatic heterocycles. The van der Waals surface area contributed by atoms with Gasteiger partial charge in [0.05, 0.1) is 12.2 Å². The maximum Gasteiger partial charge on any atom is 0.304 e. The summed E-state index contributed by atoms with van der Waals surface area (Å²) in [5.74, 6) is -1.50. The van der Waals surface area contributed by atoms with Crippen molar-refractivity contribution in [1.82, 2.24) is 9.29 Å². The first-order chi connectivity index (χ1) is 7.92. The summed E-state index contributed by atoms with van der Waals surface area (Å²) in [5, 5.41) is 8.46. The SMILES string of the molecule is CN(Cc1ccncc1)S(=O)(=O)CCC(=O)O. The van der Waals surface area contributed by atoms with Gasteiger partial charge in [-0.1, -0.05) is 0 Å². The molecule has 1 rings (SSSR count). The third-order valence-corrected chi connectivity index (χ3v) is 4.00. The van der Waals surface area contributed by atoms with Crippen LogP contribution in [0.25, 0.3) is 0 Å². The van der Waals surface area contributed by atoms with E-state index in [1.807, 2.05) is 0 Å². The molecule has 94 valence electrons. The molecule has 0 radical (unpaired) electrons. The molecule has 0 saturated carbocycles. The zero-order valence-electron chi connectivity index (χ0n) is 9.41. The van der Waals surface area contributed by atoms with Crippen LogP contribution in [0.1, 0.15) is 12.0 Å². The molecule has 0 aromatic carbocycles. The summed E-state index contributed by atoms with van der Waals surface area (Å²) in [6.07, 6.45) is 2.77. The lowest BCUT2D eigenvalue weighted by molar-refractivity contribution is -0.136. The number of aromatic nitrogens is 1. The Labute approximate surface area is 100.0 Å². The van der Waals surface area contributed by atoms with Gasteiger partial charge in [-0.2, -0.15) is 0 Å². The summed E-state index contributed by atoms with van der Waals surface area (Å²) in [7, 11) is -2.09. The second kappa shape index (κ2) is 5.74. The van der Waals surface area contributed by atoms with E-state index in [4.69, 9.17) is 5.11 Å². The van der Waals surface area contributed by atoms with Crippen LogP contribution in [0.3, 0.4) is 0 Å². The fraction of sp³-hybridized carbons (Fsp3) is 0.400. The van der Waals surface area contributed by atoms with Gasteiger partial charge in [-0.15, -0.1) is 0 Å². The van der Waals surface area contributed by atoms with Crippen molar-refractivity contribution in [3.8, 4) is 0 Å². The van der Waals surface area contributed by atoms with E-state index in [-0.39, 0.29) is 18.7 Å². The zero-order chi connectivity index (χ0) is 12.9. The van der Waals surface area contributed by atoms with Crippen molar-refractivity contribution < 1.29 is 18.3 Å². The van der Waals surface area contributed by atoms with Crippen LogP contribution >= 0.6 is 0 Å². The van der Waals surface area contributed by atoms with Gasteiger partial charge in [-0.25, -0.2) is 12.7 Å². The molecule has 0 amide bonds. The van der Waals surface area contributed by atoms with Crippen molar-refractivity contribution in [2.24, 2.45) is 0 Å². The van der Waals surface area contributed by atoms with E-state index in [0.29, 0.717) is 0 Å². The summed E-state index contributed by atoms with van der Waals surface area (Å²) in [5.41, 5.74) is 0.807. The van der Waals surface area contributed by atoms with E-state index in [0.717, 1.165) is 9.87 Å². The Balaban J connectivity index is 2.63. The van der Waals surface area contributed by atoms with Crippen LogP contribution in [0.15, 0.2) is 24.5 Å². The molecule has 1 aromatic rings. The highest BCUT2D eigenvalue weighted by Gasteiger charge is 2.19. The fourth-order valence-electron chi connectivity index (χ4n) is 1.22. The van der Waals surface area contributed by atoms with E-state index < -0.39 is 16.0 Å². The molecule has 6 nitrogen and oxygen atoms in total. The lowest BCUT2D eigenvalue weighted by atomic mass is 10.3. The maximum absolute atomic E-state index is 11.7. The Morgan fingerprint density at radius 3 is 2.53 bits per heavy atom. The number of pyridine rings is 1. The highest BCUT2D eigenvalue weighted by molar-refractivity contribution is 7.89. The molecule has 1 aromatic heterocycles. The van der Waals surface area contributed by atoms with Gasteiger partial charge >= 0.3 is 5.97 Å². The van der Waals surface area contributed by atoms with Crippen LogP contribution < -0.4 is 0 Å². The quantitative estimate of drug-likeness (QED) is 0.793. The number of sulfonamides is 1. The average Bonchev–Trinajstić information content (AvgIpc) is 2.28. The number of hydrogen-bond donors (Lipinski definition) is 1. The standard InChI is InChI=1S/C10H14N2O4S/c1-12(8-9-2-5-11-6-3-9)17(15,16)7-4-10(13)14/h2-3,5-6H,4,7-8H2,1H3,(H,13,14). The molecule has 0 bridgehead atoms. The molecular formula is C10H14N2O4S. The van der Waals surface area contributed by atoms with Crippen molar-refractivity contribution in [2.45, 2.75) is 13.0 Å². The first-order valence-electron chi connectivity index (χ1n) is 4.96. The Hall–Kier alpha value is -1.47. The third kappa shape index (κ3) is 4.49. The van der Waals surface area contributed by atoms with E-state index in [1.54, 1.807) is 24.5 Å². The van der Waals surface area contributed by atoms with Crippen LogP contribution in [0.5, 0.6) is 0 Å². The number of carbonyl (C=O) groups is 1. The minimum atomic E-state index is -3.52. The first kappa shape index (κ1) is 13.6. The van der Waals surface area contributed by atoms with Crippen LogP contribution in [-0.4, -0.2) is 41.6 Å². The predicted molar refractivity (Wildman–Crippen MR) is 61.7 cm³/mol. The van der Waals surface area contributed by atoms with Gasteiger partial charge < -0.3 is 5.11 Å². The fourth-order valence-corrected chi connectivity index (χ4v) is 2.31. The number of aliphatic carboxylic acids is 1. The van der Waals surface area contributed by atoms with Gasteiger partial charge in [-0.05, 0) is 17.7 Å². The van der Waals surface area contributed by atoms with Crippen molar-refractivity contribution in [3.05, 3.63) is 30.1 Å². The number of nitrogens with zero attached hydrogens (tertiary/aromatic N) is 2. The Morgan fingerprint density at radius 1 is 1.41 bits per heavy atom. The van der Waals surface area contributed by atoms with E-state index in [2.05, 4.69) is 4.98 Å². The van der Waals surface area contributed by atoms with E-state index in [1.165, 1.54) is 7.05 Å². The van der Waals surface area contributed by atoms with Crippen LogP contribution in [-0.2, 0) is 21.4 Å². The molecule has 0 fully saturated rings. The lowest BCUT2D eigenvalue weighted by Crippen LogP contribution is -2.29. The van der Waals surface area contributed by atoms with Gasteiger partial charge in [0, 0.05) is 26.0 Å². The van der Waals surface area contributed by atoms with Crippen molar-refractivity contribution in [1.29, 1.82) is 0 Å². The molecule has 17 heavy (non-hydrogen) atoms. The Kier molecular flexibility index (Phi) is 4.59. The molecule has 7 heteroatoms. The predicted octanol–water partition coefficient (Wildman–Crippen LogP) is 0.318. The topological polar surface area (TPSA) is 87.6 Å². The molecule has 0 spiro atoms. The molecular weight excluding hydrogens is 244 g/mol. The smallest absolute Gasteiger partial charge is 0.304 e. The second-order valence-electron chi connectivity index (χ2n) is 3.57. The molecule has 0 saturated heterocycles. The van der Waals surface area contributed by atoms with E-state index in [9.17, 15) is 13.2 Å². The summed E-state index contributed by atoms with van der Waals surface area (Å²) in [6, 6.07) is 3.42. The minimum absolute atomic E-state index is 0.213. The van der Waals surface area contributed by atoms with Crippen LogP contribution in [0.4, 0.5) is 0 Å². The van der Waals surface area contributed by atoms with E-state index >= 15 is 0 Å². The highest BCUT2D eigenvalue weighted by Crippen LogP contribution is 2.07. The summed E-state index contributed by atoms with van der Waals surface area (Å²) in [4.78, 5) is 14.2. The maximum atomic E-state index is 11.7. The van der Waals surface area contributed by atoms with Gasteiger partial charge in [0.1, 0.15) is 0 Å². The van der Waals surface area contributed by atoms with Gasteiger partial charge in [0.2, 0.25) is 10.0 Å². The molecule has 0 aliphatic carbocycles. The molecule has 0 unspecified atom stereocenters. The summed E-state index contributed by atoms with van der Waals surface area (Å²) >= 11 is 0. The second-order valence-corrected chi connectivity index (χ2v) is 5.77. The molecule has 1 N–H and O–H groups in total. The van der Waals surface area contributed by atoms with Gasteiger partial charge in [-0.3, -0.25) is 9.78 Å². The minimum Gasteiger partial charge on any atom is -0.481 e. The third-order valence-electron chi connectivity index (χ3n) is 2.20. The number of carboxylic acids is 1. The van der Waals surface area contributed by atoms with Gasteiger partial charge in [0.15, 0.2) is 0 Å². The Bertz CT molecular complexity index is 472. The number of hydrogen-bond acceptors (Lipinski definition) is 4. The summed E-state index contributed by atoms with van der Waals surface area (Å²) in [6.45, 7) is 0.213. The first-order valence-corrected chi connectivity index (χ1v) is 6.57. The normalized spacial score (nSPS) is 11.6. The molecule has 0 aliphatic rings. The molecule has 1 heterocycles. The van der Waals surface area contributed by atoms with Crippen LogP contribution in [0, 0.1) is 0 Å². The van der Waals surface area contributed by atoms with Crippen molar-refractivity contribution >= 4 is 16.0 Å². The number of rotatable bonds is 6. The van der Waals surface area contributed by atoms with Crippen molar-refractivity contribution in [2.75, 3.05) is 12.8 Å². The number of carboxylic acid groups (broad SMARTS) is 1. The zero-order valence-corrected chi connectivity index (χ0v) is 10.2. The largest absolute Gasteiger partial charge is 0.481 e. The lowest BCUT2D eigenvalue weighted by Gasteiger charge is -2.16. The summed E-state index contributed by atoms with van der Waals surface area (Å²) < 4.78 is 24.5. The van der Waals surface area contributed by atoms with Crippen LogP contribution in [0.2, 0.25) is 0 Å². The van der Waals surface area contributed by atoms with Crippen molar-refractivity contribution in [3.63, 3.8) is 0 Å². The average molecular weight is 258 g/mol.